The first kappa shape index (κ1) is 22.0. The highest BCUT2D eigenvalue weighted by Gasteiger charge is 2.51. The predicted octanol–water partition coefficient (Wildman–Crippen LogP) is 5.89. The zero-order chi connectivity index (χ0) is 21.6. The van der Waals surface area contributed by atoms with Crippen LogP contribution in [0.4, 0.5) is 0 Å². The quantitative estimate of drug-likeness (QED) is 0.239. The normalized spacial score (nSPS) is 13.8. The molecule has 3 N–H and O–H groups in total. The average Bonchev–Trinajstić information content (AvgIpc) is 2.61. The molecule has 0 heterocycles. The smallest absolute Gasteiger partial charge is 0.283 e. The van der Waals surface area contributed by atoms with Crippen molar-refractivity contribution in [2.45, 2.75) is 4.75 Å². The molecule has 0 saturated heterocycles. The van der Waals surface area contributed by atoms with Crippen molar-refractivity contribution in [3.8, 4) is 11.5 Å². The highest BCUT2D eigenvalue weighted by atomic mass is 35.5. The Kier molecular flexibility index (Phi) is 5.98. The van der Waals surface area contributed by atoms with Gasteiger partial charge in [-0.1, -0.05) is 64.6 Å². The van der Waals surface area contributed by atoms with Crippen molar-refractivity contribution >= 4 is 56.5 Å². The van der Waals surface area contributed by atoms with Gasteiger partial charge in [-0.25, -0.2) is 0 Å². The Labute approximate surface area is 186 Å². The molecule has 0 aromatic heterocycles. The van der Waals surface area contributed by atoms with E-state index in [9.17, 15) is 23.2 Å². The van der Waals surface area contributed by atoms with Crippen LogP contribution < -0.4 is 0 Å². The first-order chi connectivity index (χ1) is 13.5. The van der Waals surface area contributed by atoms with Crippen LogP contribution in [-0.4, -0.2) is 23.2 Å². The van der Waals surface area contributed by atoms with Crippen LogP contribution in [0.1, 0.15) is 16.7 Å². The van der Waals surface area contributed by atoms with Crippen molar-refractivity contribution < 1.29 is 23.2 Å². The fraction of sp³-hybridized carbons (Fsp3) is 0.0526. The third kappa shape index (κ3) is 3.77. The third-order valence-corrected chi connectivity index (χ3v) is 6.85. The van der Waals surface area contributed by atoms with Gasteiger partial charge < -0.3 is 10.2 Å². The number of hydrogen-bond donors (Lipinski definition) is 3. The van der Waals surface area contributed by atoms with Crippen LogP contribution in [0.15, 0.2) is 54.6 Å². The lowest BCUT2D eigenvalue weighted by atomic mass is 9.83. The van der Waals surface area contributed by atoms with Crippen molar-refractivity contribution in [3.63, 3.8) is 0 Å². The Morgan fingerprint density at radius 2 is 1.24 bits per heavy atom. The number of rotatable bonds is 4. The third-order valence-electron chi connectivity index (χ3n) is 4.39. The molecule has 3 rings (SSSR count). The molecule has 0 fully saturated rings. The van der Waals surface area contributed by atoms with Crippen LogP contribution in [0.25, 0.3) is 0 Å². The van der Waals surface area contributed by atoms with Gasteiger partial charge in [0.25, 0.3) is 10.1 Å². The molecule has 0 spiro atoms. The molecule has 5 nitrogen and oxygen atoms in total. The SMILES string of the molecule is O=S(=O)(O)C(c1ccc(Cl)cc1)(c1cc(Cl)cc(Cl)c1)c1ccc(Cl)c(O)c1O. The lowest BCUT2D eigenvalue weighted by Crippen LogP contribution is -2.38. The number of phenols is 2. The summed E-state index contributed by atoms with van der Waals surface area (Å²) < 4.78 is 33.9. The zero-order valence-electron chi connectivity index (χ0n) is 14.3. The molecule has 0 saturated carbocycles. The van der Waals surface area contributed by atoms with Gasteiger partial charge in [-0.15, -0.1) is 0 Å². The van der Waals surface area contributed by atoms with E-state index in [0.29, 0.717) is 5.02 Å². The summed E-state index contributed by atoms with van der Waals surface area (Å²) in [5.74, 6) is -1.58. The van der Waals surface area contributed by atoms with Crippen LogP contribution in [0, 0.1) is 0 Å². The Morgan fingerprint density at radius 3 is 1.76 bits per heavy atom. The largest absolute Gasteiger partial charge is 0.504 e. The number of halogens is 4. The van der Waals surface area contributed by atoms with E-state index in [1.807, 2.05) is 0 Å². The molecule has 0 aliphatic carbocycles. The maximum absolute atomic E-state index is 12.9. The van der Waals surface area contributed by atoms with Gasteiger partial charge in [0.1, 0.15) is 0 Å². The molecule has 0 aliphatic rings. The second kappa shape index (κ2) is 7.87. The number of phenolic OH excluding ortho intramolecular Hbond substituents is 2. The summed E-state index contributed by atoms with van der Waals surface area (Å²) in [5, 5.41) is 21.0. The number of hydrogen-bond acceptors (Lipinski definition) is 4. The van der Waals surface area contributed by atoms with Crippen molar-refractivity contribution in [3.05, 3.63) is 91.4 Å². The van der Waals surface area contributed by atoms with Crippen LogP contribution >= 0.6 is 46.4 Å². The molecule has 3 aromatic rings. The molecule has 29 heavy (non-hydrogen) atoms. The van der Waals surface area contributed by atoms with E-state index in [0.717, 1.165) is 0 Å². The summed E-state index contributed by atoms with van der Waals surface area (Å²) in [6, 6.07) is 11.8. The lowest BCUT2D eigenvalue weighted by molar-refractivity contribution is 0.394. The Bertz CT molecular complexity index is 1180. The van der Waals surface area contributed by atoms with Gasteiger partial charge in [-0.3, -0.25) is 4.55 Å². The van der Waals surface area contributed by atoms with Crippen LogP contribution in [0.3, 0.4) is 0 Å². The summed E-state index contributed by atoms with van der Waals surface area (Å²) in [6.07, 6.45) is 0. The standard InChI is InChI=1S/C19H12Cl4O5S/c20-12-3-1-10(2-4-12)19(29(26,27)28,11-7-13(21)9-14(22)8-11)15-5-6-16(23)18(25)17(15)24/h1-9,24-25H,(H,26,27,28). The topological polar surface area (TPSA) is 94.8 Å². The summed E-state index contributed by atoms with van der Waals surface area (Å²) in [4.78, 5) is 0. The van der Waals surface area contributed by atoms with Gasteiger partial charge in [0.15, 0.2) is 16.2 Å². The van der Waals surface area contributed by atoms with Gasteiger partial charge in [0.2, 0.25) is 0 Å². The fourth-order valence-corrected chi connectivity index (χ4v) is 5.29. The summed E-state index contributed by atoms with van der Waals surface area (Å²) in [5.41, 5.74) is -0.417. The molecule has 0 amide bonds. The second-order valence-electron chi connectivity index (χ2n) is 6.11. The molecule has 1 unspecified atom stereocenters. The van der Waals surface area contributed by atoms with Crippen LogP contribution in [-0.2, 0) is 14.9 Å². The van der Waals surface area contributed by atoms with Gasteiger partial charge in [0, 0.05) is 20.6 Å². The molecule has 0 bridgehead atoms. The minimum atomic E-state index is -5.06. The van der Waals surface area contributed by atoms with Crippen LogP contribution in [0.5, 0.6) is 11.5 Å². The molecule has 0 aliphatic heterocycles. The predicted molar refractivity (Wildman–Crippen MR) is 114 cm³/mol. The van der Waals surface area contributed by atoms with E-state index < -0.39 is 26.4 Å². The fourth-order valence-electron chi connectivity index (χ4n) is 3.20. The molecule has 3 aromatic carbocycles. The molecule has 152 valence electrons. The van der Waals surface area contributed by atoms with Gasteiger partial charge in [-0.2, -0.15) is 8.42 Å². The van der Waals surface area contributed by atoms with Gasteiger partial charge in [0.05, 0.1) is 5.02 Å². The summed E-state index contributed by atoms with van der Waals surface area (Å²) >= 11 is 23.9. The maximum Gasteiger partial charge on any atom is 0.283 e. The Hall–Kier alpha value is -1.67. The minimum Gasteiger partial charge on any atom is -0.504 e. The highest BCUT2D eigenvalue weighted by Crippen LogP contribution is 2.51. The first-order valence-electron chi connectivity index (χ1n) is 7.89. The maximum atomic E-state index is 12.9. The van der Waals surface area contributed by atoms with Gasteiger partial charge >= 0.3 is 0 Å². The molecular formula is C19H12Cl4O5S. The molecule has 1 atom stereocenters. The van der Waals surface area contributed by atoms with E-state index in [-0.39, 0.29) is 31.8 Å². The van der Waals surface area contributed by atoms with Crippen molar-refractivity contribution in [1.29, 1.82) is 0 Å². The van der Waals surface area contributed by atoms with E-state index in [1.165, 1.54) is 54.6 Å². The monoisotopic (exact) mass is 492 g/mol. The van der Waals surface area contributed by atoms with Crippen LogP contribution in [0.2, 0.25) is 20.1 Å². The second-order valence-corrected chi connectivity index (χ2v) is 9.39. The van der Waals surface area contributed by atoms with Crippen molar-refractivity contribution in [1.82, 2.24) is 0 Å². The van der Waals surface area contributed by atoms with Crippen molar-refractivity contribution in [2.75, 3.05) is 0 Å². The van der Waals surface area contributed by atoms with E-state index >= 15 is 0 Å². The summed E-state index contributed by atoms with van der Waals surface area (Å²) in [7, 11) is -5.06. The average molecular weight is 494 g/mol. The Morgan fingerprint density at radius 1 is 0.690 bits per heavy atom. The Balaban J connectivity index is 2.58. The van der Waals surface area contributed by atoms with Crippen molar-refractivity contribution in [2.24, 2.45) is 0 Å². The van der Waals surface area contributed by atoms with E-state index in [4.69, 9.17) is 46.4 Å². The molecule has 10 heteroatoms. The first-order valence-corrected chi connectivity index (χ1v) is 10.8. The zero-order valence-corrected chi connectivity index (χ0v) is 18.1. The van der Waals surface area contributed by atoms with E-state index in [2.05, 4.69) is 0 Å². The number of aromatic hydroxyl groups is 2. The molecular weight excluding hydrogens is 482 g/mol. The molecule has 0 radical (unpaired) electrons. The van der Waals surface area contributed by atoms with Gasteiger partial charge in [-0.05, 0) is 47.5 Å². The summed E-state index contributed by atoms with van der Waals surface area (Å²) in [6.45, 7) is 0. The lowest BCUT2D eigenvalue weighted by Gasteiger charge is -2.33. The van der Waals surface area contributed by atoms with E-state index in [1.54, 1.807) is 0 Å². The minimum absolute atomic E-state index is 0.0137. The highest BCUT2D eigenvalue weighted by molar-refractivity contribution is 7.87. The number of benzene rings is 3.